The average molecular weight is 482 g/mol. The van der Waals surface area contributed by atoms with Crippen molar-refractivity contribution in [2.45, 2.75) is 25.9 Å². The predicted molar refractivity (Wildman–Crippen MR) is 139 cm³/mol. The highest BCUT2D eigenvalue weighted by molar-refractivity contribution is 5.95. The fourth-order valence-electron chi connectivity index (χ4n) is 4.08. The number of hydrogen-bond donors (Lipinski definition) is 4. The summed E-state index contributed by atoms with van der Waals surface area (Å²) in [5, 5.41) is 16.6. The van der Waals surface area contributed by atoms with E-state index in [4.69, 9.17) is 0 Å². The topological polar surface area (TPSA) is 121 Å². The Morgan fingerprint density at radius 1 is 1.11 bits per heavy atom. The Morgan fingerprint density at radius 3 is 2.89 bits per heavy atom. The second kappa shape index (κ2) is 10.4. The van der Waals surface area contributed by atoms with Crippen molar-refractivity contribution in [2.75, 3.05) is 17.2 Å². The lowest BCUT2D eigenvalue weighted by atomic mass is 10.1. The molecule has 2 aromatic carbocycles. The summed E-state index contributed by atoms with van der Waals surface area (Å²) in [7, 11) is 0. The fourth-order valence-corrected chi connectivity index (χ4v) is 4.08. The molecule has 0 unspecified atom stereocenters. The Hall–Kier alpha value is -4.50. The molecule has 0 saturated carbocycles. The minimum atomic E-state index is -0.504. The van der Waals surface area contributed by atoms with Crippen LogP contribution in [0.2, 0.25) is 0 Å². The fraction of sp³-hybridized carbons (Fsp3) is 0.185. The lowest BCUT2D eigenvalue weighted by Gasteiger charge is -2.11. The van der Waals surface area contributed by atoms with Crippen LogP contribution in [-0.2, 0) is 17.6 Å². The van der Waals surface area contributed by atoms with Gasteiger partial charge >= 0.3 is 0 Å². The molecule has 0 bridgehead atoms. The van der Waals surface area contributed by atoms with Crippen LogP contribution >= 0.6 is 0 Å². The number of carbonyl (C=O) groups is 1. The van der Waals surface area contributed by atoms with Crippen molar-refractivity contribution >= 4 is 28.4 Å². The number of aromatic amines is 1. The molecule has 1 atom stereocenters. The zero-order valence-corrected chi connectivity index (χ0v) is 19.8. The number of imidazole rings is 1. The highest BCUT2D eigenvalue weighted by Gasteiger charge is 2.12. The van der Waals surface area contributed by atoms with Crippen molar-refractivity contribution in [2.24, 2.45) is 0 Å². The number of benzene rings is 2. The maximum Gasteiger partial charge on any atom is 0.228 e. The van der Waals surface area contributed by atoms with Crippen LogP contribution in [0.3, 0.4) is 0 Å². The number of anilines is 2. The van der Waals surface area contributed by atoms with E-state index < -0.39 is 6.10 Å². The first-order valence-electron chi connectivity index (χ1n) is 11.8. The molecule has 4 N–H and O–H groups in total. The normalized spacial score (nSPS) is 11.9. The molecule has 0 radical (unpaired) electrons. The number of aliphatic hydroxyl groups is 1. The molecular weight excluding hydrogens is 454 g/mol. The molecule has 36 heavy (non-hydrogen) atoms. The van der Waals surface area contributed by atoms with Gasteiger partial charge in [0.05, 0.1) is 12.5 Å². The van der Waals surface area contributed by atoms with Crippen LogP contribution in [0.4, 0.5) is 11.6 Å². The number of aromatic nitrogens is 5. The van der Waals surface area contributed by atoms with Gasteiger partial charge in [0.1, 0.15) is 11.6 Å². The van der Waals surface area contributed by atoms with Crippen molar-refractivity contribution in [1.29, 1.82) is 0 Å². The molecule has 9 heteroatoms. The van der Waals surface area contributed by atoms with Gasteiger partial charge in [-0.3, -0.25) is 9.36 Å². The number of carbonyl (C=O) groups excluding carboxylic acids is 1. The van der Waals surface area contributed by atoms with E-state index >= 15 is 0 Å². The first-order chi connectivity index (χ1) is 17.5. The third-order valence-corrected chi connectivity index (χ3v) is 5.76. The van der Waals surface area contributed by atoms with Crippen LogP contribution in [0.1, 0.15) is 23.9 Å². The van der Waals surface area contributed by atoms with Gasteiger partial charge in [0.2, 0.25) is 11.9 Å². The molecule has 0 spiro atoms. The van der Waals surface area contributed by atoms with E-state index in [1.54, 1.807) is 25.4 Å². The van der Waals surface area contributed by atoms with Crippen molar-refractivity contribution in [3.8, 4) is 5.82 Å². The Bertz CT molecular complexity index is 1490. The average Bonchev–Trinajstić information content (AvgIpc) is 3.50. The molecule has 9 nitrogen and oxygen atoms in total. The second-order valence-electron chi connectivity index (χ2n) is 8.64. The highest BCUT2D eigenvalue weighted by atomic mass is 16.3. The van der Waals surface area contributed by atoms with Gasteiger partial charge in [-0.2, -0.15) is 4.98 Å². The third-order valence-electron chi connectivity index (χ3n) is 5.76. The van der Waals surface area contributed by atoms with Crippen LogP contribution in [0.5, 0.6) is 0 Å². The standard InChI is InChI=1S/C27H27N7O2/c1-18(35)16-31-27-29-10-9-24(33-27)34-12-11-28-25(34)14-19-5-4-6-21(13-19)32-26(36)15-20-17-30-23-8-3-2-7-22(20)23/h2-13,17-18,30,35H,14-16H2,1H3,(H,32,36)(H,29,31,33)/t18-/m0/s1. The van der Waals surface area contributed by atoms with Crippen LogP contribution in [-0.4, -0.2) is 48.2 Å². The SMILES string of the molecule is C[C@H](O)CNc1nccc(-n2ccnc2Cc2cccc(NC(=O)Cc3c[nH]c4ccccc34)c2)n1. The van der Waals surface area contributed by atoms with E-state index in [-0.39, 0.29) is 12.3 Å². The minimum absolute atomic E-state index is 0.0726. The molecule has 0 aliphatic heterocycles. The molecule has 3 aromatic heterocycles. The van der Waals surface area contributed by atoms with Gasteiger partial charge < -0.3 is 20.7 Å². The van der Waals surface area contributed by atoms with Gasteiger partial charge in [-0.15, -0.1) is 0 Å². The second-order valence-corrected chi connectivity index (χ2v) is 8.64. The van der Waals surface area contributed by atoms with Crippen LogP contribution in [0.25, 0.3) is 16.7 Å². The maximum absolute atomic E-state index is 12.7. The summed E-state index contributed by atoms with van der Waals surface area (Å²) in [5.74, 6) is 1.84. The Kier molecular flexibility index (Phi) is 6.72. The first kappa shape index (κ1) is 23.3. The summed E-state index contributed by atoms with van der Waals surface area (Å²) in [6.45, 7) is 2.06. The van der Waals surface area contributed by atoms with Crippen molar-refractivity contribution in [3.63, 3.8) is 0 Å². The van der Waals surface area contributed by atoms with Gasteiger partial charge in [0.25, 0.3) is 0 Å². The predicted octanol–water partition coefficient (Wildman–Crippen LogP) is 3.71. The van der Waals surface area contributed by atoms with Crippen molar-refractivity contribution < 1.29 is 9.90 Å². The van der Waals surface area contributed by atoms with E-state index in [9.17, 15) is 9.90 Å². The number of rotatable bonds is 9. The molecule has 182 valence electrons. The number of hydrogen-bond acceptors (Lipinski definition) is 6. The van der Waals surface area contributed by atoms with Gasteiger partial charge in [0, 0.05) is 54.3 Å². The summed E-state index contributed by atoms with van der Waals surface area (Å²) in [5.41, 5.74) is 3.73. The number of aliphatic hydroxyl groups excluding tert-OH is 1. The minimum Gasteiger partial charge on any atom is -0.392 e. The molecule has 0 aliphatic rings. The number of nitrogens with one attached hydrogen (secondary N) is 3. The maximum atomic E-state index is 12.7. The molecule has 0 aliphatic carbocycles. The Morgan fingerprint density at radius 2 is 2.00 bits per heavy atom. The van der Waals surface area contributed by atoms with E-state index in [1.807, 2.05) is 65.5 Å². The first-order valence-corrected chi connectivity index (χ1v) is 11.8. The van der Waals surface area contributed by atoms with E-state index in [0.717, 1.165) is 33.5 Å². The number of nitrogens with zero attached hydrogens (tertiary/aromatic N) is 4. The number of para-hydroxylation sites is 1. The smallest absolute Gasteiger partial charge is 0.228 e. The molecule has 5 rings (SSSR count). The highest BCUT2D eigenvalue weighted by Crippen LogP contribution is 2.20. The lowest BCUT2D eigenvalue weighted by molar-refractivity contribution is -0.115. The molecule has 3 heterocycles. The largest absolute Gasteiger partial charge is 0.392 e. The number of H-pyrrole nitrogens is 1. The van der Waals surface area contributed by atoms with E-state index in [2.05, 4.69) is 30.6 Å². The molecule has 5 aromatic rings. The van der Waals surface area contributed by atoms with Gasteiger partial charge in [-0.1, -0.05) is 30.3 Å². The van der Waals surface area contributed by atoms with Gasteiger partial charge in [0.15, 0.2) is 0 Å². The van der Waals surface area contributed by atoms with Crippen LogP contribution in [0.15, 0.2) is 79.4 Å². The van der Waals surface area contributed by atoms with E-state index in [1.165, 1.54) is 0 Å². The molecular formula is C27H27N7O2. The summed E-state index contributed by atoms with van der Waals surface area (Å²) in [4.78, 5) is 29.2. The van der Waals surface area contributed by atoms with Gasteiger partial charge in [-0.05, 0) is 42.3 Å². The zero-order chi connectivity index (χ0) is 24.9. The summed E-state index contributed by atoms with van der Waals surface area (Å²) < 4.78 is 1.90. The summed E-state index contributed by atoms with van der Waals surface area (Å²) in [6, 6.07) is 17.5. The third kappa shape index (κ3) is 5.42. The van der Waals surface area contributed by atoms with Crippen molar-refractivity contribution in [3.05, 3.63) is 96.3 Å². The Balaban J connectivity index is 1.27. The summed E-state index contributed by atoms with van der Waals surface area (Å²) in [6.07, 6.45) is 7.48. The Labute approximate surface area is 208 Å². The number of fused-ring (bicyclic) bond motifs is 1. The van der Waals surface area contributed by atoms with Gasteiger partial charge in [-0.25, -0.2) is 9.97 Å². The monoisotopic (exact) mass is 481 g/mol. The molecule has 1 amide bonds. The molecule has 0 fully saturated rings. The molecule has 0 saturated heterocycles. The van der Waals surface area contributed by atoms with E-state index in [0.29, 0.717) is 24.7 Å². The van der Waals surface area contributed by atoms with Crippen LogP contribution < -0.4 is 10.6 Å². The van der Waals surface area contributed by atoms with Crippen molar-refractivity contribution in [1.82, 2.24) is 24.5 Å². The lowest BCUT2D eigenvalue weighted by Crippen LogP contribution is -2.17. The van der Waals surface area contributed by atoms with Crippen LogP contribution in [0, 0.1) is 0 Å². The summed E-state index contributed by atoms with van der Waals surface area (Å²) >= 11 is 0. The zero-order valence-electron chi connectivity index (χ0n) is 19.8. The quantitative estimate of drug-likeness (QED) is 0.255. The number of amides is 1.